The van der Waals surface area contributed by atoms with Crippen molar-refractivity contribution in [3.8, 4) is 0 Å². The fourth-order valence-corrected chi connectivity index (χ4v) is 2.77. The van der Waals surface area contributed by atoms with Gasteiger partial charge in [-0.3, -0.25) is 9.78 Å². The Balaban J connectivity index is 1.72. The van der Waals surface area contributed by atoms with Crippen LogP contribution in [0.25, 0.3) is 0 Å². The maximum absolute atomic E-state index is 12.6. The molecular formula is C20H23N5O. The molecule has 0 saturated carbocycles. The van der Waals surface area contributed by atoms with Gasteiger partial charge in [-0.05, 0) is 30.2 Å². The van der Waals surface area contributed by atoms with Crippen molar-refractivity contribution in [1.82, 2.24) is 14.8 Å². The number of hydrogen-bond acceptors (Lipinski definition) is 4. The van der Waals surface area contributed by atoms with E-state index in [9.17, 15) is 4.79 Å². The van der Waals surface area contributed by atoms with Crippen molar-refractivity contribution in [3.63, 3.8) is 0 Å². The van der Waals surface area contributed by atoms with Crippen LogP contribution < -0.4 is 10.2 Å². The van der Waals surface area contributed by atoms with Crippen molar-refractivity contribution in [2.24, 2.45) is 0 Å². The number of para-hydroxylation sites is 1. The van der Waals surface area contributed by atoms with Crippen LogP contribution in [0.5, 0.6) is 0 Å². The molecule has 2 heterocycles. The molecule has 0 bridgehead atoms. The lowest BCUT2D eigenvalue weighted by molar-refractivity contribution is -0.115. The van der Waals surface area contributed by atoms with E-state index < -0.39 is 0 Å². The Hall–Kier alpha value is -3.15. The Morgan fingerprint density at radius 2 is 1.96 bits per heavy atom. The molecule has 2 aromatic heterocycles. The lowest BCUT2D eigenvalue weighted by atomic mass is 10.2. The number of nitrogens with one attached hydrogen (secondary N) is 1. The average Bonchev–Trinajstić information content (AvgIpc) is 3.10. The third kappa shape index (κ3) is 4.69. The van der Waals surface area contributed by atoms with Gasteiger partial charge in [-0.1, -0.05) is 31.2 Å². The minimum absolute atomic E-state index is 0.0735. The number of hydrogen-bond donors (Lipinski definition) is 1. The molecule has 134 valence electrons. The molecule has 6 nitrogen and oxygen atoms in total. The molecule has 0 spiro atoms. The number of rotatable bonds is 8. The SMILES string of the molecule is CCCn1nccc1NC(=O)CN(Cc1cccnc1)c1ccccc1. The van der Waals surface area contributed by atoms with E-state index in [4.69, 9.17) is 0 Å². The first-order chi connectivity index (χ1) is 12.8. The summed E-state index contributed by atoms with van der Waals surface area (Å²) in [6, 6.07) is 15.7. The first-order valence-corrected chi connectivity index (χ1v) is 8.77. The van der Waals surface area contributed by atoms with Crippen molar-refractivity contribution < 1.29 is 4.79 Å². The van der Waals surface area contributed by atoms with Crippen LogP contribution in [-0.4, -0.2) is 27.2 Å². The first-order valence-electron chi connectivity index (χ1n) is 8.77. The van der Waals surface area contributed by atoms with Gasteiger partial charge in [-0.2, -0.15) is 5.10 Å². The molecule has 3 aromatic rings. The van der Waals surface area contributed by atoms with Gasteiger partial charge in [0.2, 0.25) is 5.91 Å². The van der Waals surface area contributed by atoms with E-state index in [0.717, 1.165) is 30.0 Å². The van der Waals surface area contributed by atoms with Gasteiger partial charge in [0, 0.05) is 37.2 Å². The monoisotopic (exact) mass is 349 g/mol. The number of carbonyl (C=O) groups excluding carboxylic acids is 1. The second-order valence-electron chi connectivity index (χ2n) is 6.04. The van der Waals surface area contributed by atoms with Crippen molar-refractivity contribution in [2.75, 3.05) is 16.8 Å². The molecule has 0 radical (unpaired) electrons. The summed E-state index contributed by atoms with van der Waals surface area (Å²) in [4.78, 5) is 18.8. The summed E-state index contributed by atoms with van der Waals surface area (Å²) in [5.74, 6) is 0.654. The minimum atomic E-state index is -0.0735. The highest BCUT2D eigenvalue weighted by Crippen LogP contribution is 2.17. The van der Waals surface area contributed by atoms with Gasteiger partial charge in [0.25, 0.3) is 0 Å². The Morgan fingerprint density at radius 3 is 2.69 bits per heavy atom. The van der Waals surface area contributed by atoms with Crippen molar-refractivity contribution >= 4 is 17.4 Å². The molecule has 0 aliphatic rings. The summed E-state index contributed by atoms with van der Waals surface area (Å²) in [5, 5.41) is 7.21. The largest absolute Gasteiger partial charge is 0.358 e. The fourth-order valence-electron chi connectivity index (χ4n) is 2.77. The molecule has 0 fully saturated rings. The van der Waals surface area contributed by atoms with Crippen LogP contribution in [-0.2, 0) is 17.9 Å². The summed E-state index contributed by atoms with van der Waals surface area (Å²) in [5.41, 5.74) is 2.05. The zero-order valence-electron chi connectivity index (χ0n) is 14.9. The fraction of sp³-hybridized carbons (Fsp3) is 0.250. The second-order valence-corrected chi connectivity index (χ2v) is 6.04. The van der Waals surface area contributed by atoms with Crippen LogP contribution in [0.15, 0.2) is 67.1 Å². The van der Waals surface area contributed by atoms with E-state index in [1.54, 1.807) is 12.4 Å². The molecule has 26 heavy (non-hydrogen) atoms. The highest BCUT2D eigenvalue weighted by atomic mass is 16.2. The molecule has 0 aliphatic heterocycles. The lowest BCUT2D eigenvalue weighted by Crippen LogP contribution is -2.33. The topological polar surface area (TPSA) is 63.1 Å². The van der Waals surface area contributed by atoms with Gasteiger partial charge in [0.15, 0.2) is 0 Å². The third-order valence-electron chi connectivity index (χ3n) is 3.97. The standard InChI is InChI=1S/C20H23N5O/c1-2-13-25-19(10-12-22-25)23-20(26)16-24(18-8-4-3-5-9-18)15-17-7-6-11-21-14-17/h3-12,14H,2,13,15-16H2,1H3,(H,23,26). The van der Waals surface area contributed by atoms with E-state index in [2.05, 4.69) is 22.3 Å². The molecule has 0 saturated heterocycles. The number of carbonyl (C=O) groups is 1. The summed E-state index contributed by atoms with van der Waals surface area (Å²) < 4.78 is 1.81. The zero-order chi connectivity index (χ0) is 18.2. The summed E-state index contributed by atoms with van der Waals surface area (Å²) in [7, 11) is 0. The van der Waals surface area contributed by atoms with Crippen LogP contribution >= 0.6 is 0 Å². The van der Waals surface area contributed by atoms with E-state index in [1.807, 2.05) is 64.3 Å². The number of pyridine rings is 1. The highest BCUT2D eigenvalue weighted by Gasteiger charge is 2.14. The normalized spacial score (nSPS) is 10.5. The summed E-state index contributed by atoms with van der Waals surface area (Å²) >= 11 is 0. The van der Waals surface area contributed by atoms with Crippen LogP contribution in [0.2, 0.25) is 0 Å². The van der Waals surface area contributed by atoms with Gasteiger partial charge in [-0.15, -0.1) is 0 Å². The Morgan fingerprint density at radius 1 is 1.12 bits per heavy atom. The van der Waals surface area contributed by atoms with Gasteiger partial charge < -0.3 is 10.2 Å². The van der Waals surface area contributed by atoms with Crippen molar-refractivity contribution in [3.05, 3.63) is 72.7 Å². The van der Waals surface area contributed by atoms with Crippen molar-refractivity contribution in [1.29, 1.82) is 0 Å². The number of aryl methyl sites for hydroxylation is 1. The maximum Gasteiger partial charge on any atom is 0.245 e. The summed E-state index contributed by atoms with van der Waals surface area (Å²) in [6.07, 6.45) is 6.24. The number of amides is 1. The number of benzene rings is 1. The predicted octanol–water partition coefficient (Wildman–Crippen LogP) is 3.33. The van der Waals surface area contributed by atoms with Gasteiger partial charge in [0.05, 0.1) is 12.7 Å². The van der Waals surface area contributed by atoms with E-state index >= 15 is 0 Å². The smallest absolute Gasteiger partial charge is 0.245 e. The molecule has 0 aliphatic carbocycles. The maximum atomic E-state index is 12.6. The predicted molar refractivity (Wildman–Crippen MR) is 103 cm³/mol. The van der Waals surface area contributed by atoms with Gasteiger partial charge in [0.1, 0.15) is 5.82 Å². The molecule has 1 amide bonds. The number of aromatic nitrogens is 3. The quantitative estimate of drug-likeness (QED) is 0.677. The number of anilines is 2. The lowest BCUT2D eigenvalue weighted by Gasteiger charge is -2.24. The molecule has 1 N–H and O–H groups in total. The minimum Gasteiger partial charge on any atom is -0.358 e. The zero-order valence-corrected chi connectivity index (χ0v) is 14.9. The first kappa shape index (κ1) is 17.7. The van der Waals surface area contributed by atoms with Gasteiger partial charge >= 0.3 is 0 Å². The molecule has 6 heteroatoms. The number of nitrogens with zero attached hydrogens (tertiary/aromatic N) is 4. The van der Waals surface area contributed by atoms with Crippen LogP contribution in [0.4, 0.5) is 11.5 Å². The molecule has 1 aromatic carbocycles. The third-order valence-corrected chi connectivity index (χ3v) is 3.97. The van der Waals surface area contributed by atoms with Crippen LogP contribution in [0, 0.1) is 0 Å². The second kappa shape index (κ2) is 8.80. The molecule has 0 unspecified atom stereocenters. The van der Waals surface area contributed by atoms with Gasteiger partial charge in [-0.25, -0.2) is 4.68 Å². The Bertz CT molecular complexity index is 816. The van der Waals surface area contributed by atoms with E-state index in [1.165, 1.54) is 0 Å². The van der Waals surface area contributed by atoms with Crippen LogP contribution in [0.1, 0.15) is 18.9 Å². The Labute approximate surface area is 153 Å². The highest BCUT2D eigenvalue weighted by molar-refractivity contribution is 5.93. The Kier molecular flexibility index (Phi) is 5.98. The summed E-state index contributed by atoms with van der Waals surface area (Å²) in [6.45, 7) is 3.72. The van der Waals surface area contributed by atoms with Crippen LogP contribution in [0.3, 0.4) is 0 Å². The van der Waals surface area contributed by atoms with E-state index in [-0.39, 0.29) is 12.5 Å². The van der Waals surface area contributed by atoms with E-state index in [0.29, 0.717) is 6.54 Å². The molecule has 3 rings (SSSR count). The van der Waals surface area contributed by atoms with Crippen molar-refractivity contribution in [2.45, 2.75) is 26.4 Å². The molecular weight excluding hydrogens is 326 g/mol. The average molecular weight is 349 g/mol. The molecule has 0 atom stereocenters.